The molecule has 4 saturated heterocycles. The molecule has 6 aliphatic heterocycles. The van der Waals surface area contributed by atoms with Crippen molar-refractivity contribution in [3.8, 4) is 0 Å². The second-order valence-corrected chi connectivity index (χ2v) is 12.6. The van der Waals surface area contributed by atoms with Crippen LogP contribution in [0.1, 0.15) is 50.7 Å². The van der Waals surface area contributed by atoms with Gasteiger partial charge in [0.15, 0.2) is 0 Å². The minimum absolute atomic E-state index is 0.0196. The van der Waals surface area contributed by atoms with Crippen molar-refractivity contribution in [2.75, 3.05) is 38.1 Å². The van der Waals surface area contributed by atoms with Crippen LogP contribution in [-0.2, 0) is 26.3 Å². The maximum Gasteiger partial charge on any atom is 0.249 e. The van der Waals surface area contributed by atoms with E-state index < -0.39 is 0 Å². The summed E-state index contributed by atoms with van der Waals surface area (Å²) in [6, 6.07) is 6.64. The topological polar surface area (TPSA) is 113 Å². The van der Waals surface area contributed by atoms with Crippen molar-refractivity contribution in [1.82, 2.24) is 36.2 Å². The van der Waals surface area contributed by atoms with Gasteiger partial charge < -0.3 is 20.3 Å². The van der Waals surface area contributed by atoms with Gasteiger partial charge in [-0.3, -0.25) is 30.5 Å². The number of rotatable bonds is 2. The average molecular weight is 551 g/mol. The lowest BCUT2D eigenvalue weighted by atomic mass is 9.79. The van der Waals surface area contributed by atoms with Crippen molar-refractivity contribution in [3.63, 3.8) is 0 Å². The molecule has 7 rings (SSSR count). The maximum absolute atomic E-state index is 13.7. The summed E-state index contributed by atoms with van der Waals surface area (Å²) >= 11 is 0. The Morgan fingerprint density at radius 1 is 1.10 bits per heavy atom. The van der Waals surface area contributed by atoms with Gasteiger partial charge in [0.2, 0.25) is 11.8 Å². The zero-order chi connectivity index (χ0) is 27.4. The number of hydrogen-bond donors (Lipinski definition) is 5. The molecular weight excluding hydrogens is 508 g/mol. The lowest BCUT2D eigenvalue weighted by molar-refractivity contribution is -0.176. The maximum atomic E-state index is 13.7. The minimum Gasteiger partial charge on any atom is -0.365 e. The monoisotopic (exact) mass is 550 g/mol. The van der Waals surface area contributed by atoms with E-state index in [2.05, 4.69) is 75.8 Å². The van der Waals surface area contributed by atoms with E-state index in [0.717, 1.165) is 44.5 Å². The molecule has 6 unspecified atom stereocenters. The fraction of sp³-hybridized carbons (Fsp3) is 0.655. The quantitative estimate of drug-likeness (QED) is 0.338. The molecule has 1 aromatic rings. The number of fused-ring (bicyclic) bond motifs is 6. The lowest BCUT2D eigenvalue weighted by Gasteiger charge is -2.50. The summed E-state index contributed by atoms with van der Waals surface area (Å²) in [6.45, 7) is 8.40. The second-order valence-electron chi connectivity index (χ2n) is 12.6. The fourth-order valence-corrected chi connectivity index (χ4v) is 7.43. The fourth-order valence-electron chi connectivity index (χ4n) is 7.43. The molecule has 0 spiro atoms. The van der Waals surface area contributed by atoms with Crippen LogP contribution in [0.25, 0.3) is 0 Å². The number of amides is 2. The van der Waals surface area contributed by atoms with Crippen molar-refractivity contribution < 1.29 is 14.3 Å². The van der Waals surface area contributed by atoms with Gasteiger partial charge in [-0.05, 0) is 48.9 Å². The Bertz CT molecular complexity index is 1190. The highest BCUT2D eigenvalue weighted by molar-refractivity contribution is 5.82. The molecule has 4 fully saturated rings. The third-order valence-electron chi connectivity index (χ3n) is 9.47. The number of benzene rings is 1. The molecule has 0 aliphatic carbocycles. The van der Waals surface area contributed by atoms with Gasteiger partial charge in [0.25, 0.3) is 0 Å². The lowest BCUT2D eigenvalue weighted by Crippen LogP contribution is -2.72. The van der Waals surface area contributed by atoms with Crippen molar-refractivity contribution in [2.45, 2.75) is 82.4 Å². The third kappa shape index (κ3) is 4.62. The summed E-state index contributed by atoms with van der Waals surface area (Å²) in [6.07, 6.45) is 7.03. The first-order chi connectivity index (χ1) is 19.4. The van der Waals surface area contributed by atoms with Gasteiger partial charge in [0, 0.05) is 37.3 Å². The summed E-state index contributed by atoms with van der Waals surface area (Å²) in [5.74, 6) is -0.0375. The van der Waals surface area contributed by atoms with Crippen molar-refractivity contribution in [3.05, 3.63) is 41.5 Å². The highest BCUT2D eigenvalue weighted by Crippen LogP contribution is 2.34. The molecule has 40 heavy (non-hydrogen) atoms. The molecule has 0 radical (unpaired) electrons. The molecule has 1 aromatic carbocycles. The Morgan fingerprint density at radius 2 is 2.00 bits per heavy atom. The molecule has 0 saturated carbocycles. The Kier molecular flexibility index (Phi) is 6.84. The van der Waals surface area contributed by atoms with E-state index in [4.69, 9.17) is 4.74 Å². The van der Waals surface area contributed by atoms with Crippen LogP contribution in [-0.4, -0.2) is 90.4 Å². The highest BCUT2D eigenvalue weighted by atomic mass is 16.5. The number of piperidine rings is 1. The Morgan fingerprint density at radius 3 is 2.90 bits per heavy atom. The van der Waals surface area contributed by atoms with Crippen LogP contribution in [0.5, 0.6) is 0 Å². The average Bonchev–Trinajstić information content (AvgIpc) is 3.20. The normalized spacial score (nSPS) is 36.5. The van der Waals surface area contributed by atoms with Crippen molar-refractivity contribution >= 4 is 17.5 Å². The summed E-state index contributed by atoms with van der Waals surface area (Å²) < 4.78 is 5.94. The van der Waals surface area contributed by atoms with Crippen LogP contribution in [0.4, 0.5) is 5.69 Å². The SMILES string of the molecule is CC1(C)CNCc2cc(NC3NCC4C(=O)N5C/C=C\CCCN6C(=O)COC7CCC(NC76)N5C4N3)ccc21. The smallest absolute Gasteiger partial charge is 0.249 e. The van der Waals surface area contributed by atoms with Crippen molar-refractivity contribution in [1.29, 1.82) is 0 Å². The van der Waals surface area contributed by atoms with Gasteiger partial charge >= 0.3 is 0 Å². The summed E-state index contributed by atoms with van der Waals surface area (Å²) in [7, 11) is 0. The van der Waals surface area contributed by atoms with E-state index in [9.17, 15) is 9.59 Å². The van der Waals surface area contributed by atoms with E-state index in [0.29, 0.717) is 19.6 Å². The molecule has 6 aliphatic rings. The van der Waals surface area contributed by atoms with Gasteiger partial charge in [-0.2, -0.15) is 5.01 Å². The van der Waals surface area contributed by atoms with E-state index in [1.165, 1.54) is 11.1 Å². The van der Waals surface area contributed by atoms with Crippen LogP contribution in [0.2, 0.25) is 0 Å². The van der Waals surface area contributed by atoms with Gasteiger partial charge in [-0.1, -0.05) is 32.1 Å². The second kappa shape index (κ2) is 10.4. The molecule has 2 amide bonds. The molecule has 11 nitrogen and oxygen atoms in total. The number of nitrogens with zero attached hydrogens (tertiary/aromatic N) is 3. The zero-order valence-corrected chi connectivity index (χ0v) is 23.5. The van der Waals surface area contributed by atoms with Crippen LogP contribution in [0.15, 0.2) is 30.4 Å². The molecule has 0 aromatic heterocycles. The molecule has 6 heterocycles. The predicted octanol–water partition coefficient (Wildman–Crippen LogP) is 0.570. The first-order valence-electron chi connectivity index (χ1n) is 14.9. The Labute approximate surface area is 236 Å². The predicted molar refractivity (Wildman–Crippen MR) is 150 cm³/mol. The standard InChI is InChI=1S/C29H42N8O3/c1-29(2)17-30-14-18-13-19(7-8-21(18)29)32-28-31-15-20-25(34-28)37-23-10-9-22-26(33-23)35(24(38)16-40-22)11-5-3-4-6-12-36(37)27(20)39/h4,6-8,13,20,22-23,25-26,28,30-34H,3,5,9-12,14-17H2,1-2H3/b6-4-. The first-order valence-corrected chi connectivity index (χ1v) is 14.9. The minimum atomic E-state index is -0.204. The highest BCUT2D eigenvalue weighted by Gasteiger charge is 2.53. The number of nitrogens with one attached hydrogen (secondary N) is 5. The zero-order valence-electron chi connectivity index (χ0n) is 23.5. The summed E-state index contributed by atoms with van der Waals surface area (Å²) in [5, 5.41) is 22.3. The third-order valence-corrected chi connectivity index (χ3v) is 9.47. The van der Waals surface area contributed by atoms with E-state index >= 15 is 0 Å². The van der Waals surface area contributed by atoms with E-state index in [-0.39, 0.29) is 60.6 Å². The number of hydrazine groups is 1. The van der Waals surface area contributed by atoms with Crippen LogP contribution >= 0.6 is 0 Å². The van der Waals surface area contributed by atoms with Crippen LogP contribution < -0.4 is 26.6 Å². The number of anilines is 1. The van der Waals surface area contributed by atoms with E-state index in [1.807, 2.05) is 9.91 Å². The Hall–Kier alpha value is -2.54. The van der Waals surface area contributed by atoms with Crippen molar-refractivity contribution in [2.24, 2.45) is 5.92 Å². The van der Waals surface area contributed by atoms with Gasteiger partial charge in [0.1, 0.15) is 19.1 Å². The molecular formula is C29H42N8O3. The van der Waals surface area contributed by atoms with Crippen LogP contribution in [0, 0.1) is 5.92 Å². The summed E-state index contributed by atoms with van der Waals surface area (Å²) in [5.41, 5.74) is 3.87. The van der Waals surface area contributed by atoms with Gasteiger partial charge in [-0.25, -0.2) is 0 Å². The number of carbonyl (C=O) groups is 2. The van der Waals surface area contributed by atoms with Crippen LogP contribution in [0.3, 0.4) is 0 Å². The number of hydrogen-bond acceptors (Lipinski definition) is 9. The van der Waals surface area contributed by atoms with E-state index in [1.54, 1.807) is 0 Å². The molecule has 216 valence electrons. The first kappa shape index (κ1) is 26.4. The molecule has 11 heteroatoms. The van der Waals surface area contributed by atoms with Gasteiger partial charge in [0.05, 0.1) is 30.9 Å². The van der Waals surface area contributed by atoms with Gasteiger partial charge in [-0.15, -0.1) is 0 Å². The number of ether oxygens (including phenoxy) is 1. The number of morpholine rings is 1. The molecule has 5 N–H and O–H groups in total. The number of allylic oxidation sites excluding steroid dienone is 1. The molecule has 6 atom stereocenters. The largest absolute Gasteiger partial charge is 0.365 e. The Balaban J connectivity index is 1.13. The number of carbonyl (C=O) groups excluding carboxylic acids is 2. The molecule has 2 bridgehead atoms. The summed E-state index contributed by atoms with van der Waals surface area (Å²) in [4.78, 5) is 28.5.